The summed E-state index contributed by atoms with van der Waals surface area (Å²) in [4.78, 5) is 12.2. The Balaban J connectivity index is 2.04. The van der Waals surface area contributed by atoms with Gasteiger partial charge in [-0.05, 0) is 13.3 Å². The van der Waals surface area contributed by atoms with Gasteiger partial charge in [-0.3, -0.25) is 9.48 Å². The Kier molecular flexibility index (Phi) is 3.54. The molecule has 6 heteroatoms. The van der Waals surface area contributed by atoms with Gasteiger partial charge in [-0.25, -0.2) is 0 Å². The lowest BCUT2D eigenvalue weighted by atomic mass is 9.64. The van der Waals surface area contributed by atoms with E-state index >= 15 is 0 Å². The molecule has 0 radical (unpaired) electrons. The van der Waals surface area contributed by atoms with E-state index in [4.69, 9.17) is 10.5 Å². The molecule has 2 unspecified atom stereocenters. The van der Waals surface area contributed by atoms with E-state index in [0.717, 1.165) is 6.42 Å². The van der Waals surface area contributed by atoms with Crippen LogP contribution in [0.3, 0.4) is 0 Å². The lowest BCUT2D eigenvalue weighted by Crippen LogP contribution is -2.61. The molecular formula is C13H22N4O2. The van der Waals surface area contributed by atoms with Crippen molar-refractivity contribution in [2.75, 3.05) is 12.8 Å². The second-order valence-electron chi connectivity index (χ2n) is 5.60. The normalized spacial score (nSPS) is 24.8. The summed E-state index contributed by atoms with van der Waals surface area (Å²) in [5.74, 6) is -0.211. The molecule has 2 atom stereocenters. The van der Waals surface area contributed by atoms with E-state index in [9.17, 15) is 4.79 Å². The molecule has 1 aromatic heterocycles. The van der Waals surface area contributed by atoms with Crippen LogP contribution in [-0.2, 0) is 11.3 Å². The van der Waals surface area contributed by atoms with E-state index in [2.05, 4.69) is 24.3 Å². The number of hydrogen-bond acceptors (Lipinski definition) is 4. The van der Waals surface area contributed by atoms with E-state index in [1.807, 2.05) is 6.92 Å². The van der Waals surface area contributed by atoms with E-state index in [1.54, 1.807) is 18.0 Å². The van der Waals surface area contributed by atoms with Gasteiger partial charge in [0.05, 0.1) is 11.8 Å². The molecule has 0 bridgehead atoms. The third-order valence-electron chi connectivity index (χ3n) is 4.10. The highest BCUT2D eigenvalue weighted by atomic mass is 16.5. The molecule has 1 fully saturated rings. The van der Waals surface area contributed by atoms with E-state index in [-0.39, 0.29) is 23.5 Å². The minimum Gasteiger partial charge on any atom is -0.396 e. The van der Waals surface area contributed by atoms with Gasteiger partial charge in [0, 0.05) is 31.3 Å². The standard InChI is InChI=1S/C13H22N4O2/c1-5-17-7-8(14)11(16-17)12(18)15-9-6-10(19-4)13(9,2)3/h7,9-10H,5-6,14H2,1-4H3,(H,15,18). The highest BCUT2D eigenvalue weighted by Crippen LogP contribution is 2.42. The topological polar surface area (TPSA) is 82.2 Å². The number of nitrogen functional groups attached to an aromatic ring is 1. The van der Waals surface area contributed by atoms with E-state index in [1.165, 1.54) is 0 Å². The summed E-state index contributed by atoms with van der Waals surface area (Å²) < 4.78 is 7.03. The molecule has 0 aromatic carbocycles. The average Bonchev–Trinajstić information content (AvgIpc) is 2.75. The third kappa shape index (κ3) is 2.32. The first-order valence-corrected chi connectivity index (χ1v) is 6.56. The Morgan fingerprint density at radius 2 is 2.37 bits per heavy atom. The Bertz CT molecular complexity index is 481. The molecule has 1 aliphatic rings. The fourth-order valence-corrected chi connectivity index (χ4v) is 2.53. The SMILES string of the molecule is CCn1cc(N)c(C(=O)NC2CC(OC)C2(C)C)n1. The molecule has 0 spiro atoms. The van der Waals surface area contributed by atoms with Crippen molar-refractivity contribution >= 4 is 11.6 Å². The molecule has 0 saturated heterocycles. The molecular weight excluding hydrogens is 244 g/mol. The maximum atomic E-state index is 12.2. The van der Waals surface area contributed by atoms with Crippen LogP contribution in [0.5, 0.6) is 0 Å². The van der Waals surface area contributed by atoms with E-state index < -0.39 is 0 Å². The van der Waals surface area contributed by atoms with Gasteiger partial charge in [-0.2, -0.15) is 5.10 Å². The van der Waals surface area contributed by atoms with Crippen LogP contribution in [0.25, 0.3) is 0 Å². The summed E-state index contributed by atoms with van der Waals surface area (Å²) in [5, 5.41) is 7.17. The van der Waals surface area contributed by atoms with Gasteiger partial charge in [0.1, 0.15) is 0 Å². The van der Waals surface area contributed by atoms with Crippen LogP contribution in [0.15, 0.2) is 6.20 Å². The number of aromatic nitrogens is 2. The second-order valence-corrected chi connectivity index (χ2v) is 5.60. The highest BCUT2D eigenvalue weighted by Gasteiger charge is 2.49. The van der Waals surface area contributed by atoms with Gasteiger partial charge < -0.3 is 15.8 Å². The van der Waals surface area contributed by atoms with Crippen molar-refractivity contribution in [2.45, 2.75) is 45.9 Å². The zero-order chi connectivity index (χ0) is 14.2. The summed E-state index contributed by atoms with van der Waals surface area (Å²) in [6.07, 6.45) is 2.69. The maximum Gasteiger partial charge on any atom is 0.274 e. The highest BCUT2D eigenvalue weighted by molar-refractivity contribution is 5.97. The quantitative estimate of drug-likeness (QED) is 0.852. The number of nitrogens with two attached hydrogens (primary N) is 1. The predicted molar refractivity (Wildman–Crippen MR) is 72.8 cm³/mol. The van der Waals surface area contributed by atoms with Gasteiger partial charge >= 0.3 is 0 Å². The first-order chi connectivity index (χ1) is 8.90. The van der Waals surface area contributed by atoms with Crippen LogP contribution in [-0.4, -0.2) is 34.9 Å². The number of carbonyl (C=O) groups excluding carboxylic acids is 1. The molecule has 2 rings (SSSR count). The van der Waals surface area contributed by atoms with Crippen LogP contribution < -0.4 is 11.1 Å². The number of aryl methyl sites for hydroxylation is 1. The van der Waals surface area contributed by atoms with Gasteiger partial charge in [-0.1, -0.05) is 13.8 Å². The zero-order valence-electron chi connectivity index (χ0n) is 11.9. The summed E-state index contributed by atoms with van der Waals surface area (Å²) in [5.41, 5.74) is 6.46. The van der Waals surface area contributed by atoms with Crippen molar-refractivity contribution in [1.82, 2.24) is 15.1 Å². The largest absolute Gasteiger partial charge is 0.396 e. The van der Waals surface area contributed by atoms with Gasteiger partial charge in [0.15, 0.2) is 5.69 Å². The fourth-order valence-electron chi connectivity index (χ4n) is 2.53. The zero-order valence-corrected chi connectivity index (χ0v) is 11.9. The Hall–Kier alpha value is -1.56. The molecule has 106 valence electrons. The monoisotopic (exact) mass is 266 g/mol. The molecule has 0 aliphatic heterocycles. The average molecular weight is 266 g/mol. The molecule has 1 heterocycles. The van der Waals surface area contributed by atoms with Crippen LogP contribution in [0.2, 0.25) is 0 Å². The number of anilines is 1. The van der Waals surface area contributed by atoms with Crippen molar-refractivity contribution in [1.29, 1.82) is 0 Å². The molecule has 1 aromatic rings. The summed E-state index contributed by atoms with van der Waals surface area (Å²) in [7, 11) is 1.70. The number of nitrogens with zero attached hydrogens (tertiary/aromatic N) is 2. The van der Waals surface area contributed by atoms with Crippen molar-refractivity contribution < 1.29 is 9.53 Å². The first kappa shape index (κ1) is 13.9. The minimum absolute atomic E-state index is 0.0630. The number of nitrogens with one attached hydrogen (secondary N) is 1. The lowest BCUT2D eigenvalue weighted by molar-refractivity contribution is -0.0942. The predicted octanol–water partition coefficient (Wildman–Crippen LogP) is 1.03. The molecule has 3 N–H and O–H groups in total. The van der Waals surface area contributed by atoms with Crippen LogP contribution in [0.4, 0.5) is 5.69 Å². The number of methoxy groups -OCH3 is 1. The molecule has 1 aliphatic carbocycles. The smallest absolute Gasteiger partial charge is 0.274 e. The number of ether oxygens (including phenoxy) is 1. The van der Waals surface area contributed by atoms with Crippen molar-refractivity contribution in [3.63, 3.8) is 0 Å². The Labute approximate surface area is 113 Å². The maximum absolute atomic E-state index is 12.2. The van der Waals surface area contributed by atoms with Gasteiger partial charge in [0.2, 0.25) is 0 Å². The molecule has 19 heavy (non-hydrogen) atoms. The molecule has 1 amide bonds. The molecule has 6 nitrogen and oxygen atoms in total. The lowest BCUT2D eigenvalue weighted by Gasteiger charge is -2.51. The molecule has 1 saturated carbocycles. The summed E-state index contributed by atoms with van der Waals surface area (Å²) in [6.45, 7) is 6.82. The summed E-state index contributed by atoms with van der Waals surface area (Å²) >= 11 is 0. The number of amides is 1. The van der Waals surface area contributed by atoms with Crippen molar-refractivity contribution in [2.24, 2.45) is 5.41 Å². The van der Waals surface area contributed by atoms with Crippen molar-refractivity contribution in [3.8, 4) is 0 Å². The van der Waals surface area contributed by atoms with Gasteiger partial charge in [-0.15, -0.1) is 0 Å². The number of carbonyl (C=O) groups is 1. The second kappa shape index (κ2) is 4.85. The Morgan fingerprint density at radius 1 is 1.68 bits per heavy atom. The fraction of sp³-hybridized carbons (Fsp3) is 0.692. The van der Waals surface area contributed by atoms with E-state index in [0.29, 0.717) is 17.9 Å². The first-order valence-electron chi connectivity index (χ1n) is 6.56. The Morgan fingerprint density at radius 3 is 2.84 bits per heavy atom. The minimum atomic E-state index is -0.211. The summed E-state index contributed by atoms with van der Waals surface area (Å²) in [6, 6.07) is 0.0936. The third-order valence-corrected chi connectivity index (χ3v) is 4.10. The van der Waals surface area contributed by atoms with Gasteiger partial charge in [0.25, 0.3) is 5.91 Å². The van der Waals surface area contributed by atoms with Crippen molar-refractivity contribution in [3.05, 3.63) is 11.9 Å². The van der Waals surface area contributed by atoms with Crippen LogP contribution in [0, 0.1) is 5.41 Å². The van der Waals surface area contributed by atoms with Crippen LogP contribution >= 0.6 is 0 Å². The number of hydrogen-bond donors (Lipinski definition) is 2. The van der Waals surface area contributed by atoms with Crippen LogP contribution in [0.1, 0.15) is 37.7 Å². The number of rotatable bonds is 4.